The Kier molecular flexibility index (Phi) is 3.11. The molecule has 21 heavy (non-hydrogen) atoms. The molecule has 0 heterocycles. The third kappa shape index (κ3) is 2.23. The monoisotopic (exact) mass is 281 g/mol. The summed E-state index contributed by atoms with van der Waals surface area (Å²) in [5.41, 5.74) is 1.99. The molecule has 0 bridgehead atoms. The Balaban J connectivity index is 2.25. The van der Waals surface area contributed by atoms with Crippen molar-refractivity contribution in [3.05, 3.63) is 70.8 Å². The zero-order chi connectivity index (χ0) is 15.0. The molecule has 2 aromatic rings. The number of ketones is 1. The number of fused-ring (bicyclic) bond motifs is 1. The summed E-state index contributed by atoms with van der Waals surface area (Å²) in [6.45, 7) is 0. The van der Waals surface area contributed by atoms with Crippen LogP contribution in [0.25, 0.3) is 11.1 Å². The fraction of sp³-hybridized carbons (Fsp3) is 0.0588. The number of rotatable bonds is 1. The van der Waals surface area contributed by atoms with Gasteiger partial charge in [0, 0.05) is 18.1 Å². The third-order valence-electron chi connectivity index (χ3n) is 3.45. The van der Waals surface area contributed by atoms with Crippen LogP contribution in [0, 0.1) is 23.0 Å². The number of hydrogen-bond donors (Lipinski definition) is 0. The molecular formula is C17H9F2NO. The molecule has 1 aliphatic carbocycles. The highest BCUT2D eigenvalue weighted by Gasteiger charge is 2.27. The van der Waals surface area contributed by atoms with Crippen molar-refractivity contribution in [1.29, 1.82) is 5.26 Å². The molecule has 0 amide bonds. The highest BCUT2D eigenvalue weighted by molar-refractivity contribution is 6.17. The lowest BCUT2D eigenvalue weighted by Crippen LogP contribution is -1.91. The van der Waals surface area contributed by atoms with E-state index in [1.807, 2.05) is 6.07 Å². The molecule has 0 radical (unpaired) electrons. The summed E-state index contributed by atoms with van der Waals surface area (Å²) in [7, 11) is 0. The number of nitrogens with zero attached hydrogens (tertiary/aromatic N) is 1. The Morgan fingerprint density at radius 3 is 2.29 bits per heavy atom. The molecule has 0 aliphatic heterocycles. The van der Waals surface area contributed by atoms with E-state index in [1.54, 1.807) is 24.3 Å². The van der Waals surface area contributed by atoms with E-state index in [-0.39, 0.29) is 23.3 Å². The second-order valence-electron chi connectivity index (χ2n) is 4.77. The van der Waals surface area contributed by atoms with E-state index in [9.17, 15) is 18.8 Å². The standard InChI is InChI=1S/C17H9F2NO/c18-11-5-10(6-12(19)7-11)16(9-20)15-8-17(21)14-4-2-1-3-13(14)15/h1-7H,8H2/b16-15-. The van der Waals surface area contributed by atoms with Crippen LogP contribution in [0.2, 0.25) is 0 Å². The molecule has 2 nitrogen and oxygen atoms in total. The number of carbonyl (C=O) groups is 1. The molecule has 0 atom stereocenters. The number of Topliss-reactive ketones (excluding diaryl/α,β-unsaturated/α-hetero) is 1. The van der Waals surface area contributed by atoms with Gasteiger partial charge in [0.25, 0.3) is 0 Å². The first-order valence-corrected chi connectivity index (χ1v) is 6.32. The van der Waals surface area contributed by atoms with E-state index in [0.717, 1.165) is 18.2 Å². The molecule has 0 saturated heterocycles. The quantitative estimate of drug-likeness (QED) is 0.742. The average Bonchev–Trinajstić information content (AvgIpc) is 2.77. The van der Waals surface area contributed by atoms with E-state index in [0.29, 0.717) is 16.7 Å². The van der Waals surface area contributed by atoms with Crippen molar-refractivity contribution in [3.8, 4) is 6.07 Å². The van der Waals surface area contributed by atoms with Gasteiger partial charge in [0.1, 0.15) is 17.7 Å². The summed E-state index contributed by atoms with van der Waals surface area (Å²) in [6, 6.07) is 11.8. The second-order valence-corrected chi connectivity index (χ2v) is 4.77. The minimum atomic E-state index is -0.754. The van der Waals surface area contributed by atoms with E-state index < -0.39 is 11.6 Å². The summed E-state index contributed by atoms with van der Waals surface area (Å²) >= 11 is 0. The van der Waals surface area contributed by atoms with Crippen LogP contribution in [0.1, 0.15) is 27.9 Å². The summed E-state index contributed by atoms with van der Waals surface area (Å²) in [6.07, 6.45) is 0.0698. The molecule has 0 N–H and O–H groups in total. The Morgan fingerprint density at radius 1 is 1.05 bits per heavy atom. The maximum absolute atomic E-state index is 13.3. The number of nitriles is 1. The highest BCUT2D eigenvalue weighted by atomic mass is 19.1. The van der Waals surface area contributed by atoms with Gasteiger partial charge in [-0.05, 0) is 28.8 Å². The van der Waals surface area contributed by atoms with Gasteiger partial charge in [-0.1, -0.05) is 24.3 Å². The van der Waals surface area contributed by atoms with Crippen molar-refractivity contribution in [2.75, 3.05) is 0 Å². The molecule has 1 aliphatic rings. The maximum atomic E-state index is 13.3. The number of hydrogen-bond acceptors (Lipinski definition) is 2. The van der Waals surface area contributed by atoms with E-state index in [1.165, 1.54) is 0 Å². The second kappa shape index (κ2) is 4.95. The Bertz CT molecular complexity index is 811. The molecule has 0 unspecified atom stereocenters. The molecule has 0 fully saturated rings. The smallest absolute Gasteiger partial charge is 0.167 e. The van der Waals surface area contributed by atoms with E-state index >= 15 is 0 Å². The summed E-state index contributed by atoms with van der Waals surface area (Å²) in [5, 5.41) is 9.37. The normalized spacial score (nSPS) is 15.6. The Labute approximate surface area is 120 Å². The topological polar surface area (TPSA) is 40.9 Å². The maximum Gasteiger partial charge on any atom is 0.167 e. The van der Waals surface area contributed by atoms with E-state index in [4.69, 9.17) is 0 Å². The molecule has 0 aromatic heterocycles. The lowest BCUT2D eigenvalue weighted by molar-refractivity contribution is 0.100. The van der Waals surface area contributed by atoms with Crippen LogP contribution in [0.15, 0.2) is 42.5 Å². The molecule has 0 saturated carbocycles. The summed E-state index contributed by atoms with van der Waals surface area (Å²) in [4.78, 5) is 12.0. The van der Waals surface area contributed by atoms with Crippen LogP contribution in [0.5, 0.6) is 0 Å². The Hall–Kier alpha value is -2.80. The number of halogens is 2. The van der Waals surface area contributed by atoms with Gasteiger partial charge in [-0.3, -0.25) is 4.79 Å². The van der Waals surface area contributed by atoms with Crippen molar-refractivity contribution < 1.29 is 13.6 Å². The first-order valence-electron chi connectivity index (χ1n) is 6.32. The van der Waals surface area contributed by atoms with Crippen LogP contribution in [-0.2, 0) is 0 Å². The van der Waals surface area contributed by atoms with Gasteiger partial charge in [-0.15, -0.1) is 0 Å². The largest absolute Gasteiger partial charge is 0.294 e. The minimum absolute atomic E-state index is 0.0698. The molecular weight excluding hydrogens is 272 g/mol. The van der Waals surface area contributed by atoms with Crippen molar-refractivity contribution in [3.63, 3.8) is 0 Å². The van der Waals surface area contributed by atoms with Gasteiger partial charge in [0.2, 0.25) is 0 Å². The number of benzene rings is 2. The van der Waals surface area contributed by atoms with Gasteiger partial charge in [-0.2, -0.15) is 5.26 Å². The Morgan fingerprint density at radius 2 is 1.67 bits per heavy atom. The van der Waals surface area contributed by atoms with Crippen molar-refractivity contribution in [2.45, 2.75) is 6.42 Å². The van der Waals surface area contributed by atoms with Crippen LogP contribution in [0.3, 0.4) is 0 Å². The zero-order valence-electron chi connectivity index (χ0n) is 10.9. The van der Waals surface area contributed by atoms with Crippen LogP contribution in [0.4, 0.5) is 8.78 Å². The molecule has 102 valence electrons. The van der Waals surface area contributed by atoms with Gasteiger partial charge in [-0.25, -0.2) is 8.78 Å². The first-order chi connectivity index (χ1) is 10.1. The summed E-state index contributed by atoms with van der Waals surface area (Å²) < 4.78 is 26.7. The highest BCUT2D eigenvalue weighted by Crippen LogP contribution is 2.37. The SMILES string of the molecule is N#C/C(=C1\CC(=O)c2ccccc21)c1cc(F)cc(F)c1. The molecule has 3 rings (SSSR count). The first kappa shape index (κ1) is 13.2. The number of carbonyl (C=O) groups excluding carboxylic acids is 1. The van der Waals surface area contributed by atoms with Gasteiger partial charge in [0.05, 0.1) is 5.57 Å². The molecule has 0 spiro atoms. The molecule has 4 heteroatoms. The van der Waals surface area contributed by atoms with Crippen molar-refractivity contribution >= 4 is 16.9 Å². The zero-order valence-corrected chi connectivity index (χ0v) is 10.9. The van der Waals surface area contributed by atoms with Crippen molar-refractivity contribution in [1.82, 2.24) is 0 Å². The van der Waals surface area contributed by atoms with Crippen LogP contribution in [-0.4, -0.2) is 5.78 Å². The summed E-state index contributed by atoms with van der Waals surface area (Å²) in [5.74, 6) is -1.60. The molecule has 2 aromatic carbocycles. The fourth-order valence-electron chi connectivity index (χ4n) is 2.57. The van der Waals surface area contributed by atoms with Crippen LogP contribution >= 0.6 is 0 Å². The predicted octanol–water partition coefficient (Wildman–Crippen LogP) is 3.99. The van der Waals surface area contributed by atoms with Gasteiger partial charge < -0.3 is 0 Å². The average molecular weight is 281 g/mol. The van der Waals surface area contributed by atoms with Gasteiger partial charge in [0.15, 0.2) is 5.78 Å². The fourth-order valence-corrected chi connectivity index (χ4v) is 2.57. The van der Waals surface area contributed by atoms with Crippen LogP contribution < -0.4 is 0 Å². The van der Waals surface area contributed by atoms with Gasteiger partial charge >= 0.3 is 0 Å². The third-order valence-corrected chi connectivity index (χ3v) is 3.45. The predicted molar refractivity (Wildman–Crippen MR) is 74.2 cm³/mol. The minimum Gasteiger partial charge on any atom is -0.294 e. The van der Waals surface area contributed by atoms with E-state index in [2.05, 4.69) is 0 Å². The lowest BCUT2D eigenvalue weighted by atomic mass is 9.96. The lowest BCUT2D eigenvalue weighted by Gasteiger charge is -2.06. The number of allylic oxidation sites excluding steroid dienone is 2. The van der Waals surface area contributed by atoms with Crippen molar-refractivity contribution in [2.24, 2.45) is 0 Å².